The van der Waals surface area contributed by atoms with Gasteiger partial charge in [-0.25, -0.2) is 15.0 Å². The van der Waals surface area contributed by atoms with Crippen LogP contribution in [0.5, 0.6) is 0 Å². The van der Waals surface area contributed by atoms with Crippen LogP contribution in [0.1, 0.15) is 0 Å². The lowest BCUT2D eigenvalue weighted by Crippen LogP contribution is -2.07. The molecule has 0 radical (unpaired) electrons. The van der Waals surface area contributed by atoms with Gasteiger partial charge >= 0.3 is 0 Å². The number of aromatic nitrogens is 2. The fourth-order valence-corrected chi connectivity index (χ4v) is 0.752. The van der Waals surface area contributed by atoms with Crippen molar-refractivity contribution in [3.63, 3.8) is 0 Å². The summed E-state index contributed by atoms with van der Waals surface area (Å²) in [5, 5.41) is 0. The third kappa shape index (κ3) is 2.96. The average Bonchev–Trinajstić information content (AvgIpc) is 2.03. The van der Waals surface area contributed by atoms with E-state index < -0.39 is 0 Å². The van der Waals surface area contributed by atoms with E-state index in [0.29, 0.717) is 10.4 Å². The maximum atomic E-state index is 4.05. The monoisotopic (exact) mass is 228 g/mol. The number of halogens is 1. The van der Waals surface area contributed by atoms with Crippen molar-refractivity contribution in [3.8, 4) is 0 Å². The summed E-state index contributed by atoms with van der Waals surface area (Å²) >= 11 is 3.19. The Kier molecular flexibility index (Phi) is 3.16. The molecule has 0 saturated heterocycles. The molecule has 1 rings (SSSR count). The molecule has 0 aliphatic heterocycles. The van der Waals surface area contributed by atoms with Crippen molar-refractivity contribution in [1.29, 1.82) is 0 Å². The fraction of sp³-hybridized carbons (Fsp3) is 0.286. The summed E-state index contributed by atoms with van der Waals surface area (Å²) in [5.74, 6) is 0.604. The Bertz CT molecular complexity index is 267. The molecule has 1 aromatic heterocycles. The maximum Gasteiger partial charge on any atom is 0.172 e. The Morgan fingerprint density at radius 1 is 1.42 bits per heavy atom. The predicted molar refractivity (Wildman–Crippen MR) is 51.6 cm³/mol. The quantitative estimate of drug-likeness (QED) is 0.569. The van der Waals surface area contributed by atoms with Crippen LogP contribution in [0.25, 0.3) is 0 Å². The van der Waals surface area contributed by atoms with Crippen molar-refractivity contribution in [2.75, 3.05) is 14.1 Å². The molecule has 0 spiro atoms. The standard InChI is InChI=1S/C7H9BrN4/c1-12(2)5-11-7-4-9-6(8)3-10-7/h3-5H,1-2H3. The van der Waals surface area contributed by atoms with Gasteiger partial charge in [-0.1, -0.05) is 0 Å². The fourth-order valence-electron chi connectivity index (χ4n) is 0.547. The number of nitrogens with zero attached hydrogens (tertiary/aromatic N) is 4. The largest absolute Gasteiger partial charge is 0.369 e. The van der Waals surface area contributed by atoms with Crippen molar-refractivity contribution in [2.45, 2.75) is 0 Å². The van der Waals surface area contributed by atoms with Gasteiger partial charge in [0.25, 0.3) is 0 Å². The molecule has 4 nitrogen and oxygen atoms in total. The molecule has 64 valence electrons. The first-order valence-electron chi connectivity index (χ1n) is 3.36. The summed E-state index contributed by atoms with van der Waals surface area (Å²) in [7, 11) is 3.80. The minimum absolute atomic E-state index is 0.604. The van der Waals surface area contributed by atoms with Crippen molar-refractivity contribution < 1.29 is 0 Å². The first-order valence-corrected chi connectivity index (χ1v) is 4.16. The smallest absolute Gasteiger partial charge is 0.172 e. The Balaban J connectivity index is 2.71. The molecule has 0 N–H and O–H groups in total. The normalized spacial score (nSPS) is 10.6. The van der Waals surface area contributed by atoms with Crippen LogP contribution in [0.3, 0.4) is 0 Å². The van der Waals surface area contributed by atoms with E-state index in [0.717, 1.165) is 0 Å². The molecule has 0 aliphatic carbocycles. The van der Waals surface area contributed by atoms with Gasteiger partial charge in [-0.2, -0.15) is 0 Å². The molecular formula is C7H9BrN4. The number of rotatable bonds is 2. The molecule has 0 fully saturated rings. The zero-order chi connectivity index (χ0) is 8.97. The van der Waals surface area contributed by atoms with Crippen LogP contribution in [0.15, 0.2) is 22.0 Å². The zero-order valence-electron chi connectivity index (χ0n) is 6.90. The van der Waals surface area contributed by atoms with E-state index in [2.05, 4.69) is 30.9 Å². The second-order valence-corrected chi connectivity index (χ2v) is 3.22. The van der Waals surface area contributed by atoms with Crippen molar-refractivity contribution in [3.05, 3.63) is 17.0 Å². The molecule has 5 heteroatoms. The Labute approximate surface area is 79.5 Å². The van der Waals surface area contributed by atoms with Gasteiger partial charge in [0, 0.05) is 14.1 Å². The van der Waals surface area contributed by atoms with Gasteiger partial charge in [-0.05, 0) is 15.9 Å². The summed E-state index contributed by atoms with van der Waals surface area (Å²) in [6.45, 7) is 0. The van der Waals surface area contributed by atoms with Crippen LogP contribution in [0.4, 0.5) is 5.82 Å². The summed E-state index contributed by atoms with van der Waals surface area (Å²) < 4.78 is 0.714. The highest BCUT2D eigenvalue weighted by Gasteiger charge is 1.90. The topological polar surface area (TPSA) is 41.4 Å². The Hall–Kier alpha value is -0.970. The maximum absolute atomic E-state index is 4.05. The van der Waals surface area contributed by atoms with E-state index in [1.54, 1.807) is 18.7 Å². The van der Waals surface area contributed by atoms with Crippen molar-refractivity contribution >= 4 is 28.1 Å². The van der Waals surface area contributed by atoms with Gasteiger partial charge in [0.05, 0.1) is 18.7 Å². The number of aliphatic imine (C=N–C) groups is 1. The molecule has 0 aliphatic rings. The van der Waals surface area contributed by atoms with Gasteiger partial charge in [0.2, 0.25) is 0 Å². The molecular weight excluding hydrogens is 220 g/mol. The third-order valence-electron chi connectivity index (χ3n) is 1.03. The second kappa shape index (κ2) is 4.15. The second-order valence-electron chi connectivity index (χ2n) is 2.41. The molecule has 0 bridgehead atoms. The van der Waals surface area contributed by atoms with E-state index >= 15 is 0 Å². The molecule has 0 amide bonds. The van der Waals surface area contributed by atoms with Gasteiger partial charge in [0.15, 0.2) is 5.82 Å². The lowest BCUT2D eigenvalue weighted by atomic mass is 10.7. The third-order valence-corrected chi connectivity index (χ3v) is 1.44. The van der Waals surface area contributed by atoms with Gasteiger partial charge < -0.3 is 4.90 Å². The lowest BCUT2D eigenvalue weighted by molar-refractivity contribution is 0.643. The first-order chi connectivity index (χ1) is 5.68. The number of hydrogen-bond acceptors (Lipinski definition) is 3. The Morgan fingerprint density at radius 2 is 2.17 bits per heavy atom. The predicted octanol–water partition coefficient (Wildman–Crippen LogP) is 1.46. The SMILES string of the molecule is CN(C)C=Nc1cnc(Br)cn1. The minimum atomic E-state index is 0.604. The molecule has 1 heterocycles. The van der Waals surface area contributed by atoms with Gasteiger partial charge in [0.1, 0.15) is 4.60 Å². The summed E-state index contributed by atoms with van der Waals surface area (Å²) in [5.41, 5.74) is 0. The van der Waals surface area contributed by atoms with Crippen molar-refractivity contribution in [1.82, 2.24) is 14.9 Å². The van der Waals surface area contributed by atoms with Crippen LogP contribution in [0.2, 0.25) is 0 Å². The molecule has 1 aromatic rings. The van der Waals surface area contributed by atoms with Crippen LogP contribution in [0, 0.1) is 0 Å². The number of hydrogen-bond donors (Lipinski definition) is 0. The molecule has 12 heavy (non-hydrogen) atoms. The lowest BCUT2D eigenvalue weighted by Gasteiger charge is -2.00. The molecule has 0 unspecified atom stereocenters. The van der Waals surface area contributed by atoms with Crippen LogP contribution in [-0.2, 0) is 0 Å². The first kappa shape index (κ1) is 9.12. The van der Waals surface area contributed by atoms with Crippen molar-refractivity contribution in [2.24, 2.45) is 4.99 Å². The zero-order valence-corrected chi connectivity index (χ0v) is 8.48. The van der Waals surface area contributed by atoms with Crippen LogP contribution < -0.4 is 0 Å². The minimum Gasteiger partial charge on any atom is -0.369 e. The molecule has 0 aromatic carbocycles. The van der Waals surface area contributed by atoms with E-state index in [1.807, 2.05) is 19.0 Å². The average molecular weight is 229 g/mol. The molecule has 0 saturated carbocycles. The summed E-state index contributed by atoms with van der Waals surface area (Å²) in [6, 6.07) is 0. The highest BCUT2D eigenvalue weighted by atomic mass is 79.9. The summed E-state index contributed by atoms with van der Waals surface area (Å²) in [6.07, 6.45) is 4.89. The van der Waals surface area contributed by atoms with Crippen LogP contribution in [-0.4, -0.2) is 35.3 Å². The summed E-state index contributed by atoms with van der Waals surface area (Å²) in [4.78, 5) is 13.9. The van der Waals surface area contributed by atoms with E-state index in [-0.39, 0.29) is 0 Å². The van der Waals surface area contributed by atoms with Gasteiger partial charge in [-0.3, -0.25) is 0 Å². The molecule has 0 atom stereocenters. The van der Waals surface area contributed by atoms with E-state index in [9.17, 15) is 0 Å². The highest BCUT2D eigenvalue weighted by molar-refractivity contribution is 9.10. The van der Waals surface area contributed by atoms with Gasteiger partial charge in [-0.15, -0.1) is 0 Å². The van der Waals surface area contributed by atoms with Crippen LogP contribution >= 0.6 is 15.9 Å². The highest BCUT2D eigenvalue weighted by Crippen LogP contribution is 2.08. The van der Waals surface area contributed by atoms with E-state index in [1.165, 1.54) is 0 Å². The Morgan fingerprint density at radius 3 is 2.67 bits per heavy atom. The van der Waals surface area contributed by atoms with E-state index in [4.69, 9.17) is 0 Å².